The molecule has 0 radical (unpaired) electrons. The van der Waals surface area contributed by atoms with E-state index in [9.17, 15) is 4.39 Å². The Kier molecular flexibility index (Phi) is 3.68. The molecule has 2 rings (SSSR count). The van der Waals surface area contributed by atoms with E-state index >= 15 is 0 Å². The first-order chi connectivity index (χ1) is 8.58. The van der Waals surface area contributed by atoms with Crippen molar-refractivity contribution in [2.24, 2.45) is 5.84 Å². The highest BCUT2D eigenvalue weighted by atomic mass is 32.2. The van der Waals surface area contributed by atoms with Gasteiger partial charge in [-0.2, -0.15) is 0 Å². The standard InChI is InChI=1S/C10H11FN6S/c1-5-3-6(2)15-10(14-5)18-8-7(11)4-13-9(16-8)17-12/h3-4H,12H2,1-2H3,(H,13,16,17). The second-order valence-electron chi connectivity index (χ2n) is 3.53. The highest BCUT2D eigenvalue weighted by Gasteiger charge is 2.11. The predicted octanol–water partition coefficient (Wildman–Crippen LogP) is 1.46. The van der Waals surface area contributed by atoms with Crippen LogP contribution in [0.3, 0.4) is 0 Å². The molecule has 0 bridgehead atoms. The topological polar surface area (TPSA) is 89.6 Å². The lowest BCUT2D eigenvalue weighted by Crippen LogP contribution is -2.11. The van der Waals surface area contributed by atoms with Gasteiger partial charge in [-0.3, -0.25) is 5.43 Å². The highest BCUT2D eigenvalue weighted by Crippen LogP contribution is 2.25. The zero-order valence-corrected chi connectivity index (χ0v) is 10.6. The number of hydrazine groups is 1. The number of nitrogen functional groups attached to an aromatic ring is 1. The van der Waals surface area contributed by atoms with Crippen molar-refractivity contribution in [1.29, 1.82) is 0 Å². The lowest BCUT2D eigenvalue weighted by atomic mass is 10.4. The summed E-state index contributed by atoms with van der Waals surface area (Å²) in [6, 6.07) is 1.84. The summed E-state index contributed by atoms with van der Waals surface area (Å²) in [5.41, 5.74) is 3.89. The molecule has 0 aliphatic heterocycles. The number of aromatic nitrogens is 4. The normalized spacial score (nSPS) is 10.4. The molecule has 0 saturated carbocycles. The van der Waals surface area contributed by atoms with Crippen LogP contribution in [0.25, 0.3) is 0 Å². The third kappa shape index (κ3) is 2.90. The molecule has 0 amide bonds. The fourth-order valence-electron chi connectivity index (χ4n) is 1.32. The molecule has 0 fully saturated rings. The summed E-state index contributed by atoms with van der Waals surface area (Å²) >= 11 is 1.03. The fraction of sp³-hybridized carbons (Fsp3) is 0.200. The van der Waals surface area contributed by atoms with Gasteiger partial charge in [-0.25, -0.2) is 30.2 Å². The molecule has 0 aromatic carbocycles. The quantitative estimate of drug-likeness (QED) is 0.376. The summed E-state index contributed by atoms with van der Waals surface area (Å²) < 4.78 is 13.5. The van der Waals surface area contributed by atoms with E-state index in [0.717, 1.165) is 29.3 Å². The molecular weight excluding hydrogens is 255 g/mol. The van der Waals surface area contributed by atoms with Gasteiger partial charge in [0.25, 0.3) is 0 Å². The molecule has 0 saturated heterocycles. The fourth-order valence-corrected chi connectivity index (χ4v) is 2.15. The van der Waals surface area contributed by atoms with E-state index in [1.54, 1.807) is 0 Å². The van der Waals surface area contributed by atoms with Gasteiger partial charge in [-0.15, -0.1) is 0 Å². The number of nitrogens with two attached hydrogens (primary N) is 1. The van der Waals surface area contributed by atoms with Gasteiger partial charge in [0.2, 0.25) is 5.95 Å². The van der Waals surface area contributed by atoms with Gasteiger partial charge in [0, 0.05) is 11.4 Å². The zero-order valence-electron chi connectivity index (χ0n) is 9.81. The van der Waals surface area contributed by atoms with Crippen LogP contribution in [0.2, 0.25) is 0 Å². The maximum absolute atomic E-state index is 13.5. The van der Waals surface area contributed by atoms with E-state index in [-0.39, 0.29) is 11.0 Å². The summed E-state index contributed by atoms with van der Waals surface area (Å²) in [5, 5.41) is 0.566. The molecule has 2 heterocycles. The number of nitrogens with one attached hydrogen (secondary N) is 1. The first-order valence-corrected chi connectivity index (χ1v) is 5.89. The average molecular weight is 266 g/mol. The van der Waals surface area contributed by atoms with Gasteiger partial charge in [-0.1, -0.05) is 0 Å². The van der Waals surface area contributed by atoms with Crippen LogP contribution in [0.4, 0.5) is 10.3 Å². The number of rotatable bonds is 3. The number of nitrogens with zero attached hydrogens (tertiary/aromatic N) is 4. The van der Waals surface area contributed by atoms with E-state index in [2.05, 4.69) is 25.4 Å². The van der Waals surface area contributed by atoms with Crippen molar-refractivity contribution in [3.8, 4) is 0 Å². The average Bonchev–Trinajstić information content (AvgIpc) is 2.30. The van der Waals surface area contributed by atoms with E-state index < -0.39 is 5.82 Å². The Hall–Kier alpha value is -1.80. The number of anilines is 1. The molecule has 94 valence electrons. The molecule has 18 heavy (non-hydrogen) atoms. The summed E-state index contributed by atoms with van der Waals surface area (Å²) in [4.78, 5) is 16.0. The Balaban J connectivity index is 2.33. The van der Waals surface area contributed by atoms with E-state index in [0.29, 0.717) is 5.16 Å². The summed E-state index contributed by atoms with van der Waals surface area (Å²) in [5.74, 6) is 4.77. The van der Waals surface area contributed by atoms with Crippen molar-refractivity contribution in [3.63, 3.8) is 0 Å². The Morgan fingerprint density at radius 1 is 1.22 bits per heavy atom. The van der Waals surface area contributed by atoms with Crippen LogP contribution < -0.4 is 11.3 Å². The minimum absolute atomic E-state index is 0.128. The minimum atomic E-state index is -0.540. The minimum Gasteiger partial charge on any atom is -0.292 e. The van der Waals surface area contributed by atoms with Crippen LogP contribution in [0.1, 0.15) is 11.4 Å². The Labute approximate surface area is 107 Å². The summed E-state index contributed by atoms with van der Waals surface area (Å²) in [6.07, 6.45) is 1.05. The van der Waals surface area contributed by atoms with Crippen LogP contribution in [-0.4, -0.2) is 19.9 Å². The van der Waals surface area contributed by atoms with Gasteiger partial charge in [0.15, 0.2) is 11.0 Å². The molecule has 0 aliphatic carbocycles. The van der Waals surface area contributed by atoms with Gasteiger partial charge in [-0.05, 0) is 31.7 Å². The van der Waals surface area contributed by atoms with E-state index in [1.165, 1.54) is 0 Å². The lowest BCUT2D eigenvalue weighted by molar-refractivity contribution is 0.579. The molecule has 3 N–H and O–H groups in total. The third-order valence-corrected chi connectivity index (χ3v) is 2.84. The molecule has 0 aliphatic rings. The van der Waals surface area contributed by atoms with Crippen LogP contribution >= 0.6 is 11.8 Å². The lowest BCUT2D eigenvalue weighted by Gasteiger charge is -2.04. The molecule has 2 aromatic rings. The van der Waals surface area contributed by atoms with Crippen molar-refractivity contribution in [2.75, 3.05) is 5.43 Å². The van der Waals surface area contributed by atoms with Crippen LogP contribution in [-0.2, 0) is 0 Å². The van der Waals surface area contributed by atoms with E-state index in [1.807, 2.05) is 19.9 Å². The predicted molar refractivity (Wildman–Crippen MR) is 65.4 cm³/mol. The van der Waals surface area contributed by atoms with Gasteiger partial charge in [0.05, 0.1) is 6.20 Å². The number of hydrogen-bond acceptors (Lipinski definition) is 7. The number of aryl methyl sites for hydroxylation is 2. The first-order valence-electron chi connectivity index (χ1n) is 5.08. The highest BCUT2D eigenvalue weighted by molar-refractivity contribution is 7.99. The SMILES string of the molecule is Cc1cc(C)nc(Sc2nc(NN)ncc2F)n1. The Morgan fingerprint density at radius 3 is 2.50 bits per heavy atom. The summed E-state index contributed by atoms with van der Waals surface area (Å²) in [6.45, 7) is 3.70. The second kappa shape index (κ2) is 5.23. The molecule has 2 aromatic heterocycles. The number of hydrogen-bond donors (Lipinski definition) is 2. The number of halogens is 1. The van der Waals surface area contributed by atoms with E-state index in [4.69, 9.17) is 5.84 Å². The Bertz CT molecular complexity index is 556. The zero-order chi connectivity index (χ0) is 13.1. The molecule has 6 nitrogen and oxygen atoms in total. The largest absolute Gasteiger partial charge is 0.292 e. The third-order valence-electron chi connectivity index (χ3n) is 1.99. The van der Waals surface area contributed by atoms with Crippen molar-refractivity contribution in [3.05, 3.63) is 29.5 Å². The van der Waals surface area contributed by atoms with Crippen LogP contribution in [0.5, 0.6) is 0 Å². The molecular formula is C10H11FN6S. The summed E-state index contributed by atoms with van der Waals surface area (Å²) in [7, 11) is 0. The van der Waals surface area contributed by atoms with Crippen molar-refractivity contribution < 1.29 is 4.39 Å². The van der Waals surface area contributed by atoms with Crippen molar-refractivity contribution >= 4 is 17.7 Å². The van der Waals surface area contributed by atoms with Crippen LogP contribution in [0.15, 0.2) is 22.4 Å². The molecule has 0 atom stereocenters. The van der Waals surface area contributed by atoms with Crippen molar-refractivity contribution in [2.45, 2.75) is 24.0 Å². The Morgan fingerprint density at radius 2 is 1.89 bits per heavy atom. The molecule has 0 spiro atoms. The monoisotopic (exact) mass is 266 g/mol. The van der Waals surface area contributed by atoms with Crippen molar-refractivity contribution in [1.82, 2.24) is 19.9 Å². The van der Waals surface area contributed by atoms with Gasteiger partial charge < -0.3 is 0 Å². The first kappa shape index (κ1) is 12.7. The van der Waals surface area contributed by atoms with Gasteiger partial charge >= 0.3 is 0 Å². The van der Waals surface area contributed by atoms with Crippen LogP contribution in [0, 0.1) is 19.7 Å². The van der Waals surface area contributed by atoms with Gasteiger partial charge in [0.1, 0.15) is 5.03 Å². The molecule has 0 unspecified atom stereocenters. The maximum Gasteiger partial charge on any atom is 0.238 e. The smallest absolute Gasteiger partial charge is 0.238 e. The molecule has 8 heteroatoms. The second-order valence-corrected chi connectivity index (χ2v) is 4.48. The maximum atomic E-state index is 13.5.